The lowest BCUT2D eigenvalue weighted by Crippen LogP contribution is -1.97. The average Bonchev–Trinajstić information content (AvgIpc) is 2.72. The van der Waals surface area contributed by atoms with Crippen LogP contribution in [-0.4, -0.2) is 14.5 Å². The van der Waals surface area contributed by atoms with Crippen LogP contribution in [0.3, 0.4) is 0 Å². The molecule has 19 heavy (non-hydrogen) atoms. The highest BCUT2D eigenvalue weighted by Crippen LogP contribution is 2.35. The van der Waals surface area contributed by atoms with Crippen LogP contribution in [0.2, 0.25) is 10.0 Å². The number of nitrogens with two attached hydrogens (primary N) is 1. The molecule has 0 amide bonds. The highest BCUT2D eigenvalue weighted by Gasteiger charge is 2.15. The zero-order valence-electron chi connectivity index (χ0n) is 10.1. The van der Waals surface area contributed by atoms with Crippen LogP contribution in [0.15, 0.2) is 30.6 Å². The fourth-order valence-corrected chi connectivity index (χ4v) is 2.56. The van der Waals surface area contributed by atoms with Crippen molar-refractivity contribution in [3.63, 3.8) is 0 Å². The quantitative estimate of drug-likeness (QED) is 0.698. The minimum atomic E-state index is 0.424. The van der Waals surface area contributed by atoms with Crippen LogP contribution < -0.4 is 5.73 Å². The Kier molecular flexibility index (Phi) is 2.84. The number of nitrogen functional groups attached to an aromatic ring is 1. The molecule has 6 heteroatoms. The van der Waals surface area contributed by atoms with E-state index in [9.17, 15) is 0 Å². The average molecular weight is 293 g/mol. The number of pyridine rings is 1. The molecule has 0 aliphatic rings. The second-order valence-electron chi connectivity index (χ2n) is 4.21. The molecule has 0 radical (unpaired) electrons. The van der Waals surface area contributed by atoms with E-state index in [1.165, 1.54) is 0 Å². The largest absolute Gasteiger partial charge is 0.397 e. The Morgan fingerprint density at radius 1 is 1.26 bits per heavy atom. The van der Waals surface area contributed by atoms with E-state index in [-0.39, 0.29) is 0 Å². The van der Waals surface area contributed by atoms with Crippen molar-refractivity contribution in [2.45, 2.75) is 0 Å². The van der Waals surface area contributed by atoms with Crippen LogP contribution in [0.25, 0.3) is 22.4 Å². The van der Waals surface area contributed by atoms with Gasteiger partial charge in [-0.15, -0.1) is 0 Å². The summed E-state index contributed by atoms with van der Waals surface area (Å²) < 4.78 is 1.94. The fraction of sp³-hybridized carbons (Fsp3) is 0.0769. The van der Waals surface area contributed by atoms with Gasteiger partial charge in [0.05, 0.1) is 22.4 Å². The summed E-state index contributed by atoms with van der Waals surface area (Å²) in [5.41, 5.74) is 8.98. The van der Waals surface area contributed by atoms with E-state index >= 15 is 0 Å². The van der Waals surface area contributed by atoms with Gasteiger partial charge in [-0.3, -0.25) is 4.98 Å². The molecule has 2 N–H and O–H groups in total. The Morgan fingerprint density at radius 2 is 2.05 bits per heavy atom. The Labute approximate surface area is 119 Å². The Hall–Kier alpha value is -1.78. The summed E-state index contributed by atoms with van der Waals surface area (Å²) in [5, 5.41) is 0.951. The van der Waals surface area contributed by atoms with Crippen LogP contribution in [0, 0.1) is 0 Å². The first-order valence-corrected chi connectivity index (χ1v) is 6.35. The molecular formula is C13H10Cl2N4. The van der Waals surface area contributed by atoms with E-state index in [0.717, 1.165) is 16.6 Å². The molecule has 2 aromatic heterocycles. The standard InChI is InChI=1S/C13H10Cl2N4/c1-19-11-2-3-17-6-10(11)18-13(19)8-4-7(14)5-9(15)12(8)16/h2-6H,16H2,1H3. The molecular weight excluding hydrogens is 283 g/mol. The number of nitrogens with zero attached hydrogens (tertiary/aromatic N) is 3. The number of aromatic nitrogens is 3. The Bertz CT molecular complexity index is 780. The SMILES string of the molecule is Cn1c(-c2cc(Cl)cc(Cl)c2N)nc2cnccc21. The fourth-order valence-electron chi connectivity index (χ4n) is 2.06. The second kappa shape index (κ2) is 4.40. The Balaban J connectivity index is 2.33. The molecule has 0 saturated heterocycles. The van der Waals surface area contributed by atoms with Crippen LogP contribution >= 0.6 is 23.2 Å². The monoisotopic (exact) mass is 292 g/mol. The minimum absolute atomic E-state index is 0.424. The molecule has 0 saturated carbocycles. The van der Waals surface area contributed by atoms with Crippen molar-refractivity contribution in [1.82, 2.24) is 14.5 Å². The number of rotatable bonds is 1. The van der Waals surface area contributed by atoms with E-state index in [2.05, 4.69) is 9.97 Å². The first-order valence-electron chi connectivity index (χ1n) is 5.59. The predicted molar refractivity (Wildman–Crippen MR) is 78.4 cm³/mol. The summed E-state index contributed by atoms with van der Waals surface area (Å²) in [7, 11) is 1.92. The van der Waals surface area contributed by atoms with Crippen LogP contribution in [0.1, 0.15) is 0 Å². The van der Waals surface area contributed by atoms with Crippen molar-refractivity contribution >= 4 is 39.9 Å². The van der Waals surface area contributed by atoms with Gasteiger partial charge in [-0.05, 0) is 18.2 Å². The maximum Gasteiger partial charge on any atom is 0.143 e. The summed E-state index contributed by atoms with van der Waals surface area (Å²) in [5.74, 6) is 0.713. The van der Waals surface area contributed by atoms with Gasteiger partial charge in [0.1, 0.15) is 11.3 Å². The van der Waals surface area contributed by atoms with E-state index in [1.54, 1.807) is 24.5 Å². The third kappa shape index (κ3) is 1.93. The van der Waals surface area contributed by atoms with Gasteiger partial charge in [0, 0.05) is 23.8 Å². The van der Waals surface area contributed by atoms with Crippen LogP contribution in [-0.2, 0) is 7.05 Å². The molecule has 0 atom stereocenters. The summed E-state index contributed by atoms with van der Waals surface area (Å²) in [4.78, 5) is 8.59. The minimum Gasteiger partial charge on any atom is -0.397 e. The van der Waals surface area contributed by atoms with Gasteiger partial charge in [-0.1, -0.05) is 23.2 Å². The number of hydrogen-bond donors (Lipinski definition) is 1. The number of benzene rings is 1. The summed E-state index contributed by atoms with van der Waals surface area (Å²) >= 11 is 12.1. The highest BCUT2D eigenvalue weighted by atomic mass is 35.5. The van der Waals surface area contributed by atoms with Crippen molar-refractivity contribution in [3.8, 4) is 11.4 Å². The van der Waals surface area contributed by atoms with Gasteiger partial charge >= 0.3 is 0 Å². The first kappa shape index (κ1) is 12.3. The zero-order chi connectivity index (χ0) is 13.6. The second-order valence-corrected chi connectivity index (χ2v) is 5.05. The van der Waals surface area contributed by atoms with Crippen molar-refractivity contribution in [2.24, 2.45) is 7.05 Å². The van der Waals surface area contributed by atoms with Crippen LogP contribution in [0.4, 0.5) is 5.69 Å². The van der Waals surface area contributed by atoms with E-state index in [1.807, 2.05) is 17.7 Å². The maximum absolute atomic E-state index is 6.06. The summed E-state index contributed by atoms with van der Waals surface area (Å²) in [6.07, 6.45) is 3.43. The number of hydrogen-bond acceptors (Lipinski definition) is 3. The third-order valence-corrected chi connectivity index (χ3v) is 3.55. The molecule has 2 heterocycles. The molecule has 0 aliphatic carbocycles. The molecule has 4 nitrogen and oxygen atoms in total. The topological polar surface area (TPSA) is 56.7 Å². The van der Waals surface area contributed by atoms with Gasteiger partial charge in [-0.2, -0.15) is 0 Å². The molecule has 1 aromatic carbocycles. The van der Waals surface area contributed by atoms with Gasteiger partial charge in [-0.25, -0.2) is 4.98 Å². The number of halogens is 2. The lowest BCUT2D eigenvalue weighted by atomic mass is 10.1. The van der Waals surface area contributed by atoms with E-state index < -0.39 is 0 Å². The molecule has 3 aromatic rings. The molecule has 3 rings (SSSR count). The van der Waals surface area contributed by atoms with Gasteiger partial charge in [0.25, 0.3) is 0 Å². The highest BCUT2D eigenvalue weighted by molar-refractivity contribution is 6.37. The molecule has 0 bridgehead atoms. The molecule has 96 valence electrons. The van der Waals surface area contributed by atoms with Crippen molar-refractivity contribution in [1.29, 1.82) is 0 Å². The summed E-state index contributed by atoms with van der Waals surface area (Å²) in [6, 6.07) is 5.28. The van der Waals surface area contributed by atoms with E-state index in [4.69, 9.17) is 28.9 Å². The molecule has 0 unspecified atom stereocenters. The lowest BCUT2D eigenvalue weighted by Gasteiger charge is -2.08. The predicted octanol–water partition coefficient (Wildman–Crippen LogP) is 3.52. The van der Waals surface area contributed by atoms with Crippen molar-refractivity contribution in [2.75, 3.05) is 5.73 Å². The number of anilines is 1. The van der Waals surface area contributed by atoms with Gasteiger partial charge in [0.15, 0.2) is 0 Å². The normalized spacial score (nSPS) is 11.1. The van der Waals surface area contributed by atoms with Crippen molar-refractivity contribution < 1.29 is 0 Å². The lowest BCUT2D eigenvalue weighted by molar-refractivity contribution is 0.959. The molecule has 0 fully saturated rings. The number of fused-ring (bicyclic) bond motifs is 1. The van der Waals surface area contributed by atoms with Gasteiger partial charge < -0.3 is 10.3 Å². The summed E-state index contributed by atoms with van der Waals surface area (Å²) in [6.45, 7) is 0. The first-order chi connectivity index (χ1) is 9.08. The Morgan fingerprint density at radius 3 is 2.79 bits per heavy atom. The third-order valence-electron chi connectivity index (χ3n) is 3.02. The van der Waals surface area contributed by atoms with Gasteiger partial charge in [0.2, 0.25) is 0 Å². The smallest absolute Gasteiger partial charge is 0.143 e. The molecule has 0 aliphatic heterocycles. The van der Waals surface area contributed by atoms with Crippen LogP contribution in [0.5, 0.6) is 0 Å². The van der Waals surface area contributed by atoms with Crippen molar-refractivity contribution in [3.05, 3.63) is 40.6 Å². The number of aryl methyl sites for hydroxylation is 1. The number of imidazole rings is 1. The van der Waals surface area contributed by atoms with E-state index in [0.29, 0.717) is 21.6 Å². The molecule has 0 spiro atoms. The zero-order valence-corrected chi connectivity index (χ0v) is 11.6. The maximum atomic E-state index is 6.06.